The van der Waals surface area contributed by atoms with Crippen LogP contribution in [0.3, 0.4) is 0 Å². The van der Waals surface area contributed by atoms with Crippen LogP contribution in [0.4, 0.5) is 0 Å². The van der Waals surface area contributed by atoms with Crippen LogP contribution in [-0.2, 0) is 11.3 Å². The summed E-state index contributed by atoms with van der Waals surface area (Å²) in [7, 11) is 1.61. The molecular weight excluding hydrogens is 268 g/mol. The third-order valence-electron chi connectivity index (χ3n) is 3.42. The largest absolute Gasteiger partial charge is 0.493 e. The van der Waals surface area contributed by atoms with Crippen LogP contribution in [0.25, 0.3) is 0 Å². The van der Waals surface area contributed by atoms with Crippen LogP contribution in [0, 0.1) is 0 Å². The Kier molecular flexibility index (Phi) is 5.63. The maximum Gasteiger partial charge on any atom is 0.237 e. The molecule has 0 saturated carbocycles. The molecule has 1 atom stereocenters. The van der Waals surface area contributed by atoms with E-state index in [4.69, 9.17) is 9.47 Å². The number of carbonyl (C=O) groups is 1. The fourth-order valence-electron chi connectivity index (χ4n) is 2.30. The lowest BCUT2D eigenvalue weighted by molar-refractivity contribution is -0.124. The molecule has 1 aliphatic rings. The first-order valence-corrected chi connectivity index (χ1v) is 7.16. The summed E-state index contributed by atoms with van der Waals surface area (Å²) in [6.45, 7) is 5.46. The number of rotatable bonds is 7. The molecule has 5 heteroatoms. The smallest absolute Gasteiger partial charge is 0.237 e. The van der Waals surface area contributed by atoms with Crippen molar-refractivity contribution < 1.29 is 14.3 Å². The zero-order valence-corrected chi connectivity index (χ0v) is 12.4. The van der Waals surface area contributed by atoms with Crippen LogP contribution in [0.1, 0.15) is 18.4 Å². The van der Waals surface area contributed by atoms with E-state index in [1.54, 1.807) is 13.2 Å². The summed E-state index contributed by atoms with van der Waals surface area (Å²) < 4.78 is 10.8. The third kappa shape index (κ3) is 4.23. The molecule has 0 aliphatic carbocycles. The summed E-state index contributed by atoms with van der Waals surface area (Å²) in [4.78, 5) is 11.7. The molecule has 1 amide bonds. The van der Waals surface area contributed by atoms with Gasteiger partial charge in [-0.1, -0.05) is 18.7 Å². The molecular formula is C16H22N2O3. The summed E-state index contributed by atoms with van der Waals surface area (Å²) in [5.41, 5.74) is 1.05. The third-order valence-corrected chi connectivity index (χ3v) is 3.42. The second-order valence-electron chi connectivity index (χ2n) is 4.95. The van der Waals surface area contributed by atoms with Gasteiger partial charge in [0.2, 0.25) is 5.91 Å². The van der Waals surface area contributed by atoms with E-state index < -0.39 is 0 Å². The Bertz CT molecular complexity index is 502. The molecule has 1 fully saturated rings. The van der Waals surface area contributed by atoms with Gasteiger partial charge in [-0.3, -0.25) is 4.79 Å². The molecule has 114 valence electrons. The topological polar surface area (TPSA) is 59.6 Å². The molecule has 0 spiro atoms. The van der Waals surface area contributed by atoms with Crippen LogP contribution in [-0.4, -0.2) is 32.2 Å². The molecule has 5 nitrogen and oxygen atoms in total. The highest BCUT2D eigenvalue weighted by Crippen LogP contribution is 2.28. The fraction of sp³-hybridized carbons (Fsp3) is 0.438. The minimum atomic E-state index is -0.110. The van der Waals surface area contributed by atoms with Crippen molar-refractivity contribution in [3.05, 3.63) is 36.4 Å². The Morgan fingerprint density at radius 2 is 2.33 bits per heavy atom. The normalized spacial score (nSPS) is 18.0. The van der Waals surface area contributed by atoms with Gasteiger partial charge in [0.25, 0.3) is 0 Å². The first-order valence-electron chi connectivity index (χ1n) is 7.16. The van der Waals surface area contributed by atoms with Gasteiger partial charge < -0.3 is 20.1 Å². The summed E-state index contributed by atoms with van der Waals surface area (Å²) >= 11 is 0. The molecule has 1 aromatic rings. The highest BCUT2D eigenvalue weighted by molar-refractivity contribution is 5.82. The second kappa shape index (κ2) is 7.69. The molecule has 0 unspecified atom stereocenters. The van der Waals surface area contributed by atoms with Gasteiger partial charge in [0.1, 0.15) is 6.61 Å². The molecule has 0 bridgehead atoms. The maximum absolute atomic E-state index is 11.7. The van der Waals surface area contributed by atoms with Gasteiger partial charge in [-0.25, -0.2) is 0 Å². The van der Waals surface area contributed by atoms with Crippen molar-refractivity contribution >= 4 is 5.91 Å². The van der Waals surface area contributed by atoms with E-state index in [0.29, 0.717) is 24.7 Å². The average molecular weight is 290 g/mol. The van der Waals surface area contributed by atoms with Gasteiger partial charge in [-0.15, -0.1) is 0 Å². The van der Waals surface area contributed by atoms with Gasteiger partial charge in [0.05, 0.1) is 13.2 Å². The first kappa shape index (κ1) is 15.4. The zero-order valence-electron chi connectivity index (χ0n) is 12.4. The van der Waals surface area contributed by atoms with Crippen molar-refractivity contribution in [1.29, 1.82) is 0 Å². The quantitative estimate of drug-likeness (QED) is 0.749. The van der Waals surface area contributed by atoms with E-state index in [1.165, 1.54) is 0 Å². The zero-order chi connectivity index (χ0) is 15.1. The molecule has 2 N–H and O–H groups in total. The van der Waals surface area contributed by atoms with Crippen molar-refractivity contribution in [2.45, 2.75) is 25.4 Å². The Morgan fingerprint density at radius 3 is 3.05 bits per heavy atom. The maximum atomic E-state index is 11.7. The van der Waals surface area contributed by atoms with E-state index in [9.17, 15) is 4.79 Å². The van der Waals surface area contributed by atoms with Gasteiger partial charge in [0, 0.05) is 13.1 Å². The standard InChI is InChI=1S/C16H22N2O3/c1-3-9-21-14-7-6-12(10-15(14)20-2)11-18-13-5-4-8-17-16(13)19/h3,6-7,10,13,18H,1,4-5,8-9,11H2,2H3,(H,17,19)/t13-/m0/s1. The first-order chi connectivity index (χ1) is 10.2. The van der Waals surface area contributed by atoms with Crippen LogP contribution in [0.2, 0.25) is 0 Å². The second-order valence-corrected chi connectivity index (χ2v) is 4.95. The lowest BCUT2D eigenvalue weighted by atomic mass is 10.1. The van der Waals surface area contributed by atoms with Crippen LogP contribution in [0.5, 0.6) is 11.5 Å². The molecule has 1 aromatic carbocycles. The molecule has 1 heterocycles. The number of amides is 1. The Labute approximate surface area is 125 Å². The summed E-state index contributed by atoms with van der Waals surface area (Å²) in [6.07, 6.45) is 3.58. The minimum Gasteiger partial charge on any atom is -0.493 e. The van der Waals surface area contributed by atoms with Crippen molar-refractivity contribution in [2.75, 3.05) is 20.3 Å². The molecule has 1 saturated heterocycles. The van der Waals surface area contributed by atoms with Crippen LogP contribution < -0.4 is 20.1 Å². The van der Waals surface area contributed by atoms with Crippen molar-refractivity contribution in [2.24, 2.45) is 0 Å². The lowest BCUT2D eigenvalue weighted by Crippen LogP contribution is -2.47. The van der Waals surface area contributed by atoms with Crippen LogP contribution in [0.15, 0.2) is 30.9 Å². The average Bonchev–Trinajstić information content (AvgIpc) is 2.52. The van der Waals surface area contributed by atoms with Crippen molar-refractivity contribution in [3.8, 4) is 11.5 Å². The number of piperidine rings is 1. The number of methoxy groups -OCH3 is 1. The number of hydrogen-bond acceptors (Lipinski definition) is 4. The SMILES string of the molecule is C=CCOc1ccc(CN[C@H]2CCCNC2=O)cc1OC. The van der Waals surface area contributed by atoms with E-state index in [2.05, 4.69) is 17.2 Å². The van der Waals surface area contributed by atoms with E-state index >= 15 is 0 Å². The Morgan fingerprint density at radius 1 is 1.48 bits per heavy atom. The van der Waals surface area contributed by atoms with E-state index in [0.717, 1.165) is 24.9 Å². The number of hydrogen-bond donors (Lipinski definition) is 2. The summed E-state index contributed by atoms with van der Waals surface area (Å²) in [5.74, 6) is 1.46. The van der Waals surface area contributed by atoms with Gasteiger partial charge >= 0.3 is 0 Å². The van der Waals surface area contributed by atoms with Crippen molar-refractivity contribution in [1.82, 2.24) is 10.6 Å². The molecule has 0 aromatic heterocycles. The summed E-state index contributed by atoms with van der Waals surface area (Å²) in [6, 6.07) is 5.66. The van der Waals surface area contributed by atoms with Crippen molar-refractivity contribution in [3.63, 3.8) is 0 Å². The number of benzene rings is 1. The molecule has 1 aliphatic heterocycles. The molecule has 0 radical (unpaired) electrons. The number of ether oxygens (including phenoxy) is 2. The highest BCUT2D eigenvalue weighted by Gasteiger charge is 2.21. The predicted octanol–water partition coefficient (Wildman–Crippen LogP) is 1.63. The molecule has 2 rings (SSSR count). The van der Waals surface area contributed by atoms with Gasteiger partial charge in [-0.2, -0.15) is 0 Å². The predicted molar refractivity (Wildman–Crippen MR) is 81.6 cm³/mol. The van der Waals surface area contributed by atoms with Gasteiger partial charge in [-0.05, 0) is 30.5 Å². The Hall–Kier alpha value is -2.01. The Balaban J connectivity index is 1.96. The summed E-state index contributed by atoms with van der Waals surface area (Å²) in [5, 5.41) is 6.14. The van der Waals surface area contributed by atoms with E-state index in [-0.39, 0.29) is 11.9 Å². The minimum absolute atomic E-state index is 0.0825. The fourth-order valence-corrected chi connectivity index (χ4v) is 2.30. The van der Waals surface area contributed by atoms with Crippen LogP contribution >= 0.6 is 0 Å². The number of carbonyl (C=O) groups excluding carboxylic acids is 1. The molecule has 21 heavy (non-hydrogen) atoms. The van der Waals surface area contributed by atoms with E-state index in [1.807, 2.05) is 18.2 Å². The lowest BCUT2D eigenvalue weighted by Gasteiger charge is -2.23. The van der Waals surface area contributed by atoms with Gasteiger partial charge in [0.15, 0.2) is 11.5 Å². The monoisotopic (exact) mass is 290 g/mol. The highest BCUT2D eigenvalue weighted by atomic mass is 16.5. The number of nitrogens with one attached hydrogen (secondary N) is 2.